The van der Waals surface area contributed by atoms with E-state index in [-0.39, 0.29) is 22.6 Å². The third-order valence-electron chi connectivity index (χ3n) is 2.56. The predicted molar refractivity (Wildman–Crippen MR) is 77.8 cm³/mol. The van der Waals surface area contributed by atoms with E-state index in [4.69, 9.17) is 15.9 Å². The van der Waals surface area contributed by atoms with Gasteiger partial charge in [0.25, 0.3) is 5.91 Å². The average Bonchev–Trinajstić information content (AvgIpc) is 2.85. The van der Waals surface area contributed by atoms with E-state index in [0.29, 0.717) is 4.67 Å². The highest BCUT2D eigenvalue weighted by Gasteiger charge is 2.14. The Hall–Kier alpha value is -2.61. The zero-order chi connectivity index (χ0) is 15.6. The van der Waals surface area contributed by atoms with Crippen molar-refractivity contribution in [2.75, 3.05) is 5.32 Å². The maximum absolute atomic E-state index is 11.9. The molecule has 5 N–H and O–H groups in total. The fraction of sp³-hybridized carbons (Fsp3) is 0. The summed E-state index contributed by atoms with van der Waals surface area (Å²) in [6, 6.07) is 6.95. The second kappa shape index (κ2) is 5.80. The van der Waals surface area contributed by atoms with E-state index >= 15 is 0 Å². The molecule has 2 rings (SSSR count). The Morgan fingerprint density at radius 3 is 2.00 bits per heavy atom. The van der Waals surface area contributed by atoms with Gasteiger partial charge in [0.2, 0.25) is 11.8 Å². The zero-order valence-electron chi connectivity index (χ0n) is 10.6. The van der Waals surface area contributed by atoms with Gasteiger partial charge in [-0.25, -0.2) is 0 Å². The molecule has 21 heavy (non-hydrogen) atoms. The molecule has 3 amide bonds. The van der Waals surface area contributed by atoms with E-state index in [1.165, 1.54) is 24.3 Å². The van der Waals surface area contributed by atoms with Crippen LogP contribution in [-0.4, -0.2) is 17.7 Å². The van der Waals surface area contributed by atoms with Crippen molar-refractivity contribution in [2.24, 2.45) is 11.5 Å². The summed E-state index contributed by atoms with van der Waals surface area (Å²) in [5, 5.41) is 2.49. The van der Waals surface area contributed by atoms with Crippen LogP contribution in [0.2, 0.25) is 0 Å². The maximum Gasteiger partial charge on any atom is 0.291 e. The number of halogens is 1. The van der Waals surface area contributed by atoms with Gasteiger partial charge in [-0.1, -0.05) is 0 Å². The smallest absolute Gasteiger partial charge is 0.291 e. The van der Waals surface area contributed by atoms with Crippen LogP contribution in [0.1, 0.15) is 31.3 Å². The number of primary amides is 2. The van der Waals surface area contributed by atoms with Crippen molar-refractivity contribution in [1.82, 2.24) is 0 Å². The van der Waals surface area contributed by atoms with Gasteiger partial charge in [-0.05, 0) is 46.3 Å². The van der Waals surface area contributed by atoms with Crippen LogP contribution in [0.3, 0.4) is 0 Å². The number of anilines is 1. The molecule has 1 aromatic heterocycles. The Morgan fingerprint density at radius 2 is 1.57 bits per heavy atom. The van der Waals surface area contributed by atoms with Gasteiger partial charge in [0.05, 0.1) is 0 Å². The summed E-state index contributed by atoms with van der Waals surface area (Å²) in [6.45, 7) is 0. The maximum atomic E-state index is 11.9. The minimum Gasteiger partial charge on any atom is -0.444 e. The first-order chi connectivity index (χ1) is 9.86. The lowest BCUT2D eigenvalue weighted by Gasteiger charge is -2.07. The molecule has 0 unspecified atom stereocenters. The lowest BCUT2D eigenvalue weighted by atomic mass is 10.1. The molecule has 1 heterocycles. The summed E-state index contributed by atoms with van der Waals surface area (Å²) < 4.78 is 5.49. The molecule has 7 nitrogen and oxygen atoms in total. The first-order valence-corrected chi connectivity index (χ1v) is 6.47. The van der Waals surface area contributed by atoms with Crippen molar-refractivity contribution >= 4 is 39.3 Å². The average molecular weight is 352 g/mol. The van der Waals surface area contributed by atoms with E-state index in [9.17, 15) is 14.4 Å². The molecule has 8 heteroatoms. The van der Waals surface area contributed by atoms with Crippen LogP contribution in [0.4, 0.5) is 5.69 Å². The third-order valence-corrected chi connectivity index (χ3v) is 2.98. The predicted octanol–water partition coefficient (Wildman–Crippen LogP) is 1.49. The van der Waals surface area contributed by atoms with Crippen molar-refractivity contribution in [2.45, 2.75) is 0 Å². The summed E-state index contributed by atoms with van der Waals surface area (Å²) in [4.78, 5) is 34.4. The second-order valence-corrected chi connectivity index (χ2v) is 4.87. The van der Waals surface area contributed by atoms with Crippen molar-refractivity contribution < 1.29 is 18.8 Å². The van der Waals surface area contributed by atoms with Crippen molar-refractivity contribution in [3.8, 4) is 0 Å². The number of benzene rings is 1. The largest absolute Gasteiger partial charge is 0.444 e. The number of hydrogen-bond acceptors (Lipinski definition) is 4. The molecule has 0 bridgehead atoms. The van der Waals surface area contributed by atoms with Crippen molar-refractivity contribution in [3.05, 3.63) is 51.9 Å². The van der Waals surface area contributed by atoms with Gasteiger partial charge in [-0.2, -0.15) is 0 Å². The Labute approximate surface area is 127 Å². The highest BCUT2D eigenvalue weighted by Crippen LogP contribution is 2.18. The number of carbonyl (C=O) groups excluding carboxylic acids is 3. The molecule has 108 valence electrons. The fourth-order valence-electron chi connectivity index (χ4n) is 1.61. The summed E-state index contributed by atoms with van der Waals surface area (Å²) >= 11 is 3.08. The van der Waals surface area contributed by atoms with Gasteiger partial charge in [0.1, 0.15) is 0 Å². The first-order valence-electron chi connectivity index (χ1n) is 5.68. The van der Waals surface area contributed by atoms with Gasteiger partial charge >= 0.3 is 0 Å². The van der Waals surface area contributed by atoms with Crippen LogP contribution in [-0.2, 0) is 0 Å². The van der Waals surface area contributed by atoms with E-state index in [2.05, 4.69) is 21.2 Å². The topological polar surface area (TPSA) is 128 Å². The summed E-state index contributed by atoms with van der Waals surface area (Å²) in [7, 11) is 0. The molecule has 0 saturated carbocycles. The first kappa shape index (κ1) is 14.8. The Bertz CT molecular complexity index is 707. The molecular weight excluding hydrogens is 342 g/mol. The highest BCUT2D eigenvalue weighted by atomic mass is 79.9. The number of rotatable bonds is 4. The minimum absolute atomic E-state index is 0.0576. The SMILES string of the molecule is NC(=O)c1cc(NC(=O)c2ccc(Br)o2)cc(C(N)=O)c1. The minimum atomic E-state index is -0.741. The molecule has 0 aliphatic rings. The van der Waals surface area contributed by atoms with E-state index in [1.54, 1.807) is 6.07 Å². The number of carbonyl (C=O) groups is 3. The number of furan rings is 1. The lowest BCUT2D eigenvalue weighted by molar-refractivity contribution is 0.0984. The van der Waals surface area contributed by atoms with Crippen LogP contribution in [0.5, 0.6) is 0 Å². The van der Waals surface area contributed by atoms with Crippen molar-refractivity contribution in [1.29, 1.82) is 0 Å². The molecule has 0 aliphatic carbocycles. The normalized spacial score (nSPS) is 10.1. The molecule has 0 saturated heterocycles. The molecule has 1 aromatic carbocycles. The number of amides is 3. The molecule has 2 aromatic rings. The third kappa shape index (κ3) is 3.48. The molecule has 0 radical (unpaired) electrons. The lowest BCUT2D eigenvalue weighted by Crippen LogP contribution is -2.18. The molecule has 0 aliphatic heterocycles. The summed E-state index contributed by atoms with van der Waals surface area (Å²) in [5.41, 5.74) is 10.7. The standard InChI is InChI=1S/C13H10BrN3O4/c14-10-2-1-9(21-10)13(20)17-8-4-6(11(15)18)3-7(5-8)12(16)19/h1-5H,(H2,15,18)(H2,16,19)(H,17,20). The van der Waals surface area contributed by atoms with E-state index in [1.807, 2.05) is 0 Å². The quantitative estimate of drug-likeness (QED) is 0.770. The van der Waals surface area contributed by atoms with Crippen LogP contribution in [0.25, 0.3) is 0 Å². The van der Waals surface area contributed by atoms with Crippen molar-refractivity contribution in [3.63, 3.8) is 0 Å². The van der Waals surface area contributed by atoms with Gasteiger partial charge < -0.3 is 21.2 Å². The number of nitrogens with one attached hydrogen (secondary N) is 1. The Morgan fingerprint density at radius 1 is 1.00 bits per heavy atom. The summed E-state index contributed by atoms with van der Waals surface area (Å²) in [5.74, 6) is -1.96. The number of hydrogen-bond donors (Lipinski definition) is 3. The van der Waals surface area contributed by atoms with Crippen LogP contribution in [0.15, 0.2) is 39.4 Å². The molecular formula is C13H10BrN3O4. The second-order valence-electron chi connectivity index (χ2n) is 4.09. The van der Waals surface area contributed by atoms with Crippen LogP contribution in [0, 0.1) is 0 Å². The summed E-state index contributed by atoms with van der Waals surface area (Å²) in [6.07, 6.45) is 0. The monoisotopic (exact) mass is 351 g/mol. The highest BCUT2D eigenvalue weighted by molar-refractivity contribution is 9.10. The van der Waals surface area contributed by atoms with Crippen LogP contribution < -0.4 is 16.8 Å². The van der Waals surface area contributed by atoms with Gasteiger partial charge in [0, 0.05) is 16.8 Å². The van der Waals surface area contributed by atoms with Gasteiger partial charge in [-0.3, -0.25) is 14.4 Å². The number of nitrogens with two attached hydrogens (primary N) is 2. The van der Waals surface area contributed by atoms with Gasteiger partial charge in [-0.15, -0.1) is 0 Å². The molecule has 0 fully saturated rings. The zero-order valence-corrected chi connectivity index (χ0v) is 12.1. The molecule has 0 spiro atoms. The molecule has 0 atom stereocenters. The van der Waals surface area contributed by atoms with E-state index < -0.39 is 17.7 Å². The van der Waals surface area contributed by atoms with Crippen LogP contribution >= 0.6 is 15.9 Å². The van der Waals surface area contributed by atoms with Gasteiger partial charge in [0.15, 0.2) is 10.4 Å². The van der Waals surface area contributed by atoms with E-state index in [0.717, 1.165) is 0 Å². The Balaban J connectivity index is 2.32. The fourth-order valence-corrected chi connectivity index (χ4v) is 1.92. The Kier molecular flexibility index (Phi) is 4.08.